The van der Waals surface area contributed by atoms with Gasteiger partial charge in [0, 0.05) is 11.5 Å². The number of anilines is 1. The number of amides is 2. The van der Waals surface area contributed by atoms with Gasteiger partial charge in [0.25, 0.3) is 11.8 Å². The van der Waals surface area contributed by atoms with Crippen molar-refractivity contribution in [3.63, 3.8) is 0 Å². The van der Waals surface area contributed by atoms with Crippen LogP contribution < -0.4 is 10.2 Å². The Balaban J connectivity index is 1.81. The quantitative estimate of drug-likeness (QED) is 0.584. The van der Waals surface area contributed by atoms with Crippen LogP contribution in [0.4, 0.5) is 5.69 Å². The molecule has 0 saturated carbocycles. The first kappa shape index (κ1) is 19.3. The van der Waals surface area contributed by atoms with E-state index < -0.39 is 0 Å². The Hall–Kier alpha value is -2.44. The highest BCUT2D eigenvalue weighted by Crippen LogP contribution is 2.24. The number of benzene rings is 2. The van der Waals surface area contributed by atoms with Crippen molar-refractivity contribution in [3.8, 4) is 0 Å². The zero-order valence-corrected chi connectivity index (χ0v) is 17.4. The Morgan fingerprint density at radius 3 is 2.41 bits per heavy atom. The maximum atomic E-state index is 12.9. The number of rotatable bonds is 5. The van der Waals surface area contributed by atoms with Gasteiger partial charge in [0.1, 0.15) is 0 Å². The van der Waals surface area contributed by atoms with Crippen molar-refractivity contribution in [1.29, 1.82) is 0 Å². The Morgan fingerprint density at radius 1 is 1.04 bits per heavy atom. The van der Waals surface area contributed by atoms with Crippen molar-refractivity contribution in [2.45, 2.75) is 13.0 Å². The molecule has 3 rings (SSSR count). The van der Waals surface area contributed by atoms with Crippen molar-refractivity contribution in [2.24, 2.45) is 0 Å². The van der Waals surface area contributed by atoms with Gasteiger partial charge in [-0.25, -0.2) is 0 Å². The number of hydrogen-bond donors (Lipinski definition) is 1. The molecular weight excluding hydrogens is 424 g/mol. The van der Waals surface area contributed by atoms with Crippen molar-refractivity contribution in [3.05, 3.63) is 86.5 Å². The predicted molar refractivity (Wildman–Crippen MR) is 114 cm³/mol. The molecule has 2 amide bonds. The summed E-state index contributed by atoms with van der Waals surface area (Å²) in [6.07, 6.45) is 0. The van der Waals surface area contributed by atoms with Crippen molar-refractivity contribution < 1.29 is 9.59 Å². The molecule has 1 heterocycles. The van der Waals surface area contributed by atoms with Crippen LogP contribution in [-0.2, 0) is 0 Å². The van der Waals surface area contributed by atoms with Crippen LogP contribution in [0, 0.1) is 0 Å². The van der Waals surface area contributed by atoms with E-state index >= 15 is 0 Å². The number of carbonyl (C=O) groups is 2. The molecule has 1 unspecified atom stereocenters. The van der Waals surface area contributed by atoms with Crippen LogP contribution in [-0.4, -0.2) is 18.9 Å². The highest BCUT2D eigenvalue weighted by molar-refractivity contribution is 9.10. The average molecular weight is 443 g/mol. The molecule has 1 N–H and O–H groups in total. The van der Waals surface area contributed by atoms with Crippen molar-refractivity contribution >= 4 is 44.8 Å². The Labute approximate surface area is 171 Å². The van der Waals surface area contributed by atoms with Crippen LogP contribution in [0.25, 0.3) is 0 Å². The van der Waals surface area contributed by atoms with Gasteiger partial charge < -0.3 is 10.2 Å². The van der Waals surface area contributed by atoms with Gasteiger partial charge in [-0.15, -0.1) is 11.3 Å². The molecule has 3 aromatic rings. The Bertz CT molecular complexity index is 939. The van der Waals surface area contributed by atoms with E-state index in [9.17, 15) is 9.59 Å². The van der Waals surface area contributed by atoms with Crippen molar-refractivity contribution in [2.75, 3.05) is 11.9 Å². The van der Waals surface area contributed by atoms with E-state index in [0.717, 1.165) is 10.0 Å². The van der Waals surface area contributed by atoms with Crippen LogP contribution in [0.5, 0.6) is 0 Å². The molecule has 0 fully saturated rings. The average Bonchev–Trinajstić information content (AvgIpc) is 3.22. The second-order valence-electron chi connectivity index (χ2n) is 6.11. The van der Waals surface area contributed by atoms with Crippen LogP contribution in [0.3, 0.4) is 0 Å². The van der Waals surface area contributed by atoms with Gasteiger partial charge in [-0.3, -0.25) is 9.59 Å². The summed E-state index contributed by atoms with van der Waals surface area (Å²) < 4.78 is 0.990. The summed E-state index contributed by atoms with van der Waals surface area (Å²) in [6.45, 7) is 1.93. The van der Waals surface area contributed by atoms with Crippen LogP contribution in [0.2, 0.25) is 0 Å². The molecule has 1 atom stereocenters. The third-order valence-electron chi connectivity index (χ3n) is 4.26. The minimum atomic E-state index is -0.216. The molecule has 4 nitrogen and oxygen atoms in total. The lowest BCUT2D eigenvalue weighted by atomic mass is 10.1. The first-order valence-corrected chi connectivity index (χ1v) is 10.1. The Kier molecular flexibility index (Phi) is 6.08. The zero-order valence-electron chi connectivity index (χ0n) is 15.0. The fourth-order valence-corrected chi connectivity index (χ4v) is 3.71. The van der Waals surface area contributed by atoms with E-state index in [1.54, 1.807) is 31.3 Å². The molecule has 0 spiro atoms. The molecule has 0 radical (unpaired) electrons. The van der Waals surface area contributed by atoms with Crippen LogP contribution >= 0.6 is 27.3 Å². The smallest absolute Gasteiger partial charge is 0.268 e. The molecule has 0 aliphatic rings. The van der Waals surface area contributed by atoms with Gasteiger partial charge in [0.05, 0.1) is 22.2 Å². The number of halogens is 1. The minimum absolute atomic E-state index is 0.133. The number of thiophene rings is 1. The van der Waals surface area contributed by atoms with E-state index in [4.69, 9.17) is 0 Å². The first-order valence-electron chi connectivity index (χ1n) is 8.44. The first-order chi connectivity index (χ1) is 13.0. The van der Waals surface area contributed by atoms with Gasteiger partial charge >= 0.3 is 0 Å². The van der Waals surface area contributed by atoms with E-state index in [0.29, 0.717) is 16.1 Å². The standard InChI is InChI=1S/C21H19BrN2O2S/c1-14(15-9-11-16(22)12-10-15)23-20(25)17-6-3-4-7-18(17)24(2)21(26)19-8-5-13-27-19/h3-14H,1-2H3,(H,23,25). The van der Waals surface area contributed by atoms with E-state index in [1.165, 1.54) is 16.2 Å². The molecule has 0 saturated heterocycles. The largest absolute Gasteiger partial charge is 0.345 e. The van der Waals surface area contributed by atoms with Gasteiger partial charge in [0.2, 0.25) is 0 Å². The third-order valence-corrected chi connectivity index (χ3v) is 5.65. The third kappa shape index (κ3) is 4.46. The molecule has 0 aliphatic heterocycles. The highest BCUT2D eigenvalue weighted by Gasteiger charge is 2.21. The lowest BCUT2D eigenvalue weighted by Crippen LogP contribution is -2.31. The summed E-state index contributed by atoms with van der Waals surface area (Å²) in [6, 6.07) is 18.4. The number of nitrogens with one attached hydrogen (secondary N) is 1. The topological polar surface area (TPSA) is 49.4 Å². The molecule has 27 heavy (non-hydrogen) atoms. The summed E-state index contributed by atoms with van der Waals surface area (Å²) >= 11 is 4.80. The molecule has 0 aliphatic carbocycles. The predicted octanol–water partition coefficient (Wildman–Crippen LogP) is 5.28. The summed E-state index contributed by atoms with van der Waals surface area (Å²) in [7, 11) is 1.69. The fraction of sp³-hybridized carbons (Fsp3) is 0.143. The Morgan fingerprint density at radius 2 is 1.74 bits per heavy atom. The number of hydrogen-bond acceptors (Lipinski definition) is 3. The zero-order chi connectivity index (χ0) is 19.4. The number of nitrogens with zero attached hydrogens (tertiary/aromatic N) is 1. The lowest BCUT2D eigenvalue weighted by Gasteiger charge is -2.21. The maximum absolute atomic E-state index is 12.9. The summed E-state index contributed by atoms with van der Waals surface area (Å²) in [5.41, 5.74) is 2.05. The second kappa shape index (κ2) is 8.50. The van der Waals surface area contributed by atoms with E-state index in [1.807, 2.05) is 48.7 Å². The highest BCUT2D eigenvalue weighted by atomic mass is 79.9. The lowest BCUT2D eigenvalue weighted by molar-refractivity contribution is 0.0940. The van der Waals surface area contributed by atoms with Gasteiger partial charge in [-0.2, -0.15) is 0 Å². The maximum Gasteiger partial charge on any atom is 0.268 e. The molecule has 6 heteroatoms. The van der Waals surface area contributed by atoms with E-state index in [2.05, 4.69) is 21.2 Å². The summed E-state index contributed by atoms with van der Waals surface area (Å²) in [5, 5.41) is 4.87. The molecule has 138 valence electrons. The van der Waals surface area contributed by atoms with Gasteiger partial charge in [0.15, 0.2) is 0 Å². The second-order valence-corrected chi connectivity index (χ2v) is 7.97. The summed E-state index contributed by atoms with van der Waals surface area (Å²) in [4.78, 5) is 27.7. The summed E-state index contributed by atoms with van der Waals surface area (Å²) in [5.74, 6) is -0.349. The van der Waals surface area contributed by atoms with Gasteiger partial charge in [-0.1, -0.05) is 46.3 Å². The van der Waals surface area contributed by atoms with Crippen molar-refractivity contribution in [1.82, 2.24) is 5.32 Å². The van der Waals surface area contributed by atoms with E-state index in [-0.39, 0.29) is 17.9 Å². The normalized spacial score (nSPS) is 11.7. The number of para-hydroxylation sites is 1. The monoisotopic (exact) mass is 442 g/mol. The van der Waals surface area contributed by atoms with Crippen LogP contribution in [0.1, 0.15) is 38.6 Å². The molecular formula is C21H19BrN2O2S. The molecule has 0 bridgehead atoms. The molecule has 1 aromatic heterocycles. The minimum Gasteiger partial charge on any atom is -0.345 e. The van der Waals surface area contributed by atoms with Crippen LogP contribution in [0.15, 0.2) is 70.5 Å². The molecule has 2 aromatic carbocycles. The SMILES string of the molecule is CC(NC(=O)c1ccccc1N(C)C(=O)c1cccs1)c1ccc(Br)cc1. The fourth-order valence-electron chi connectivity index (χ4n) is 2.74. The van der Waals surface area contributed by atoms with Gasteiger partial charge in [-0.05, 0) is 48.2 Å². The number of carbonyl (C=O) groups excluding carboxylic acids is 2.